The smallest absolute Gasteiger partial charge is 0.132 e. The molecule has 15 rings (SSSR count). The van der Waals surface area contributed by atoms with Crippen LogP contribution in [0.5, 0.6) is 11.5 Å². The van der Waals surface area contributed by atoms with Crippen molar-refractivity contribution < 1.29 is 4.74 Å². The van der Waals surface area contributed by atoms with Gasteiger partial charge in [-0.3, -0.25) is 0 Å². The molecule has 2 aliphatic carbocycles. The molecule has 0 amide bonds. The number of benzene rings is 11. The lowest BCUT2D eigenvalue weighted by Gasteiger charge is -2.39. The molecule has 2 heterocycles. The first-order chi connectivity index (χ1) is 34.2. The fraction of sp³-hybridized carbons (Fsp3) is 0.0303. The van der Waals surface area contributed by atoms with Gasteiger partial charge in [0.1, 0.15) is 11.5 Å². The van der Waals surface area contributed by atoms with Crippen molar-refractivity contribution in [3.63, 3.8) is 0 Å². The molecule has 0 aromatic heterocycles. The average Bonchev–Trinajstić information content (AvgIpc) is 3.87. The van der Waals surface area contributed by atoms with Gasteiger partial charge in [0.2, 0.25) is 0 Å². The molecule has 0 saturated carbocycles. The zero-order valence-corrected chi connectivity index (χ0v) is 38.3. The Morgan fingerprint density at radius 2 is 0.812 bits per heavy atom. The second-order valence-electron chi connectivity index (χ2n) is 18.6. The third-order valence-electron chi connectivity index (χ3n) is 15.4. The van der Waals surface area contributed by atoms with Gasteiger partial charge in [0.05, 0.1) is 27.9 Å². The summed E-state index contributed by atoms with van der Waals surface area (Å²) in [7, 11) is 0. The minimum absolute atomic E-state index is 0.470. The molecule has 0 N–H and O–H groups in total. The maximum Gasteiger partial charge on any atom is 0.132 e. The molecule has 0 unspecified atom stereocenters. The third kappa shape index (κ3) is 5.12. The minimum Gasteiger partial charge on any atom is -0.457 e. The summed E-state index contributed by atoms with van der Waals surface area (Å²) in [5, 5.41) is 2.39. The van der Waals surface area contributed by atoms with Crippen LogP contribution in [0.15, 0.2) is 259 Å². The van der Waals surface area contributed by atoms with E-state index >= 15 is 0 Å². The molecule has 0 fully saturated rings. The highest BCUT2D eigenvalue weighted by Crippen LogP contribution is 2.66. The van der Waals surface area contributed by atoms with Gasteiger partial charge in [0.15, 0.2) is 0 Å². The molecule has 2 aliphatic heterocycles. The fourth-order valence-electron chi connectivity index (χ4n) is 12.8. The average molecular weight is 896 g/mol. The number of rotatable bonds is 4. The second kappa shape index (κ2) is 14.6. The van der Waals surface area contributed by atoms with E-state index in [0.29, 0.717) is 0 Å². The van der Waals surface area contributed by atoms with Crippen molar-refractivity contribution in [2.24, 2.45) is 0 Å². The number of nitrogens with zero attached hydrogens (tertiary/aromatic N) is 1. The first-order valence-corrected chi connectivity index (χ1v) is 24.6. The quantitative estimate of drug-likeness (QED) is 0.175. The van der Waals surface area contributed by atoms with E-state index < -0.39 is 10.8 Å². The molecule has 2 nitrogen and oxygen atoms in total. The van der Waals surface area contributed by atoms with Crippen LogP contribution >= 0.6 is 11.8 Å². The summed E-state index contributed by atoms with van der Waals surface area (Å²) in [6.07, 6.45) is 0. The number of ether oxygens (including phenoxy) is 1. The third-order valence-corrected chi connectivity index (χ3v) is 16.5. The lowest BCUT2D eigenvalue weighted by atomic mass is 9.66. The van der Waals surface area contributed by atoms with E-state index in [2.05, 4.69) is 254 Å². The van der Waals surface area contributed by atoms with Crippen molar-refractivity contribution in [3.05, 3.63) is 293 Å². The summed E-state index contributed by atoms with van der Waals surface area (Å²) in [6, 6.07) is 92.4. The van der Waals surface area contributed by atoms with Gasteiger partial charge in [-0.05, 0) is 116 Å². The summed E-state index contributed by atoms with van der Waals surface area (Å²) in [5.41, 5.74) is 19.8. The fourth-order valence-corrected chi connectivity index (χ4v) is 14.0. The maximum atomic E-state index is 6.75. The number of anilines is 3. The van der Waals surface area contributed by atoms with Crippen LogP contribution in [0.4, 0.5) is 17.1 Å². The van der Waals surface area contributed by atoms with Crippen LogP contribution in [0.25, 0.3) is 44.2 Å². The zero-order valence-electron chi connectivity index (χ0n) is 37.4. The van der Waals surface area contributed by atoms with Crippen molar-refractivity contribution in [2.45, 2.75) is 20.6 Å². The van der Waals surface area contributed by atoms with Crippen LogP contribution in [-0.2, 0) is 10.8 Å². The highest BCUT2D eigenvalue weighted by Gasteiger charge is 2.53. The number of hydrogen-bond donors (Lipinski definition) is 0. The molecule has 0 radical (unpaired) electrons. The van der Waals surface area contributed by atoms with Crippen LogP contribution < -0.4 is 9.64 Å². The van der Waals surface area contributed by atoms with E-state index in [-0.39, 0.29) is 0 Å². The number of fused-ring (bicyclic) bond motifs is 19. The molecule has 2 spiro atoms. The Morgan fingerprint density at radius 3 is 1.52 bits per heavy atom. The molecular formula is C66H41NOS. The van der Waals surface area contributed by atoms with E-state index in [1.165, 1.54) is 81.8 Å². The van der Waals surface area contributed by atoms with Gasteiger partial charge in [-0.15, -0.1) is 0 Å². The Bertz CT molecular complexity index is 3850. The van der Waals surface area contributed by atoms with Crippen molar-refractivity contribution in [1.29, 1.82) is 0 Å². The van der Waals surface area contributed by atoms with E-state index in [9.17, 15) is 0 Å². The largest absolute Gasteiger partial charge is 0.457 e. The molecule has 69 heavy (non-hydrogen) atoms. The standard InChI is InChI=1S/C66H41NOS/c1-2-20-42(21-3-1)44-23-6-13-33-57(44)67(59-35-19-32-55-64(59)46-25-5-8-27-50(46)65(55)51-28-9-14-36-60(51)68-61-37-15-10-29-52(61)65)58-34-18-22-43-40-56-48(41-47(43)58)45-24-4-7-26-49(45)66(56)53-30-11-16-38-62(53)69-63-39-17-12-31-54(63)66/h1-41H. The van der Waals surface area contributed by atoms with Gasteiger partial charge in [-0.2, -0.15) is 0 Å². The van der Waals surface area contributed by atoms with Gasteiger partial charge < -0.3 is 9.64 Å². The molecule has 11 aromatic carbocycles. The summed E-state index contributed by atoms with van der Waals surface area (Å²) >= 11 is 1.89. The number of hydrogen-bond acceptors (Lipinski definition) is 3. The van der Waals surface area contributed by atoms with E-state index in [1.807, 2.05) is 11.8 Å². The van der Waals surface area contributed by atoms with Gasteiger partial charge in [-0.1, -0.05) is 206 Å². The highest BCUT2D eigenvalue weighted by molar-refractivity contribution is 7.99. The predicted molar refractivity (Wildman–Crippen MR) is 283 cm³/mol. The summed E-state index contributed by atoms with van der Waals surface area (Å²) in [4.78, 5) is 5.19. The maximum absolute atomic E-state index is 6.75. The second-order valence-corrected chi connectivity index (χ2v) is 19.7. The first kappa shape index (κ1) is 38.7. The zero-order chi connectivity index (χ0) is 45.3. The molecule has 4 aliphatic rings. The molecule has 0 atom stereocenters. The Hall–Kier alpha value is -8.37. The number of para-hydroxylation sites is 3. The highest BCUT2D eigenvalue weighted by atomic mass is 32.2. The molecule has 0 saturated heterocycles. The lowest BCUT2D eigenvalue weighted by Crippen LogP contribution is -2.32. The van der Waals surface area contributed by atoms with E-state index in [4.69, 9.17) is 4.74 Å². The predicted octanol–water partition coefficient (Wildman–Crippen LogP) is 17.3. The van der Waals surface area contributed by atoms with Gasteiger partial charge in [0.25, 0.3) is 0 Å². The van der Waals surface area contributed by atoms with Crippen LogP contribution in [0.1, 0.15) is 44.5 Å². The SMILES string of the molecule is c1ccc(-c2ccccc2N(c2cccc3c2-c2ccccc2C32c3ccccc3Oc3ccccc32)c2cccc3cc4c(cc23)-c2ccccc2C42c3ccccc3Sc3ccccc32)cc1. The van der Waals surface area contributed by atoms with Crippen molar-refractivity contribution >= 4 is 39.6 Å². The van der Waals surface area contributed by atoms with E-state index in [0.717, 1.165) is 45.3 Å². The van der Waals surface area contributed by atoms with Crippen molar-refractivity contribution in [3.8, 4) is 44.9 Å². The van der Waals surface area contributed by atoms with Crippen LogP contribution in [0.3, 0.4) is 0 Å². The van der Waals surface area contributed by atoms with Crippen LogP contribution in [0, 0.1) is 0 Å². The molecule has 322 valence electrons. The molecule has 11 aromatic rings. The van der Waals surface area contributed by atoms with Gasteiger partial charge >= 0.3 is 0 Å². The summed E-state index contributed by atoms with van der Waals surface area (Å²) in [5.74, 6) is 1.77. The summed E-state index contributed by atoms with van der Waals surface area (Å²) < 4.78 is 6.75. The molecule has 3 heteroatoms. The van der Waals surface area contributed by atoms with Crippen molar-refractivity contribution in [1.82, 2.24) is 0 Å². The van der Waals surface area contributed by atoms with Gasteiger partial charge in [-0.25, -0.2) is 0 Å². The van der Waals surface area contributed by atoms with Crippen LogP contribution in [0.2, 0.25) is 0 Å². The Balaban J connectivity index is 1.05. The van der Waals surface area contributed by atoms with Gasteiger partial charge in [0, 0.05) is 37.4 Å². The normalized spacial score (nSPS) is 14.4. The monoisotopic (exact) mass is 895 g/mol. The molecule has 0 bridgehead atoms. The topological polar surface area (TPSA) is 12.5 Å². The first-order valence-electron chi connectivity index (χ1n) is 23.8. The molecular weight excluding hydrogens is 855 g/mol. The van der Waals surface area contributed by atoms with E-state index in [1.54, 1.807) is 0 Å². The Labute approximate surface area is 405 Å². The summed E-state index contributed by atoms with van der Waals surface area (Å²) in [6.45, 7) is 0. The lowest BCUT2D eigenvalue weighted by molar-refractivity contribution is 0.436. The van der Waals surface area contributed by atoms with Crippen LogP contribution in [-0.4, -0.2) is 0 Å². The van der Waals surface area contributed by atoms with Crippen molar-refractivity contribution in [2.75, 3.05) is 4.90 Å². The minimum atomic E-state index is -0.611. The Kier molecular flexibility index (Phi) is 8.17. The Morgan fingerprint density at radius 1 is 0.319 bits per heavy atom.